The molecule has 0 spiro atoms. The Morgan fingerprint density at radius 2 is 2.14 bits per heavy atom. The molecule has 110 valence electrons. The molecule has 2 aliphatic rings. The topological polar surface area (TPSA) is 76.7 Å². The maximum absolute atomic E-state index is 12.0. The normalized spacial score (nSPS) is 20.1. The highest BCUT2D eigenvalue weighted by Gasteiger charge is 2.31. The minimum atomic E-state index is -0.463. The van der Waals surface area contributed by atoms with Gasteiger partial charge in [-0.2, -0.15) is 0 Å². The summed E-state index contributed by atoms with van der Waals surface area (Å²) < 4.78 is 11.3. The Bertz CT molecular complexity index is 620. The van der Waals surface area contributed by atoms with Crippen LogP contribution < -0.4 is 20.1 Å². The predicted molar refractivity (Wildman–Crippen MR) is 82.8 cm³/mol. The zero-order chi connectivity index (χ0) is 14.8. The average Bonchev–Trinajstić information content (AvgIpc) is 2.76. The van der Waals surface area contributed by atoms with Gasteiger partial charge in [-0.25, -0.2) is 0 Å². The first-order valence-electron chi connectivity index (χ1n) is 6.33. The second-order valence-corrected chi connectivity index (χ2v) is 6.37. The minimum absolute atomic E-state index is 0.0745. The molecule has 0 radical (unpaired) electrons. The number of hydrogen-bond donors (Lipinski definition) is 2. The van der Waals surface area contributed by atoms with Gasteiger partial charge in [0.15, 0.2) is 11.5 Å². The number of thiocarbonyl (C=S) groups is 1. The number of rotatable bonds is 3. The highest BCUT2D eigenvalue weighted by Crippen LogP contribution is 2.32. The van der Waals surface area contributed by atoms with E-state index < -0.39 is 5.25 Å². The summed E-state index contributed by atoms with van der Waals surface area (Å²) in [5.74, 6) is 0.801. The molecule has 0 saturated carbocycles. The zero-order valence-corrected chi connectivity index (χ0v) is 12.5. The standard InChI is InChI=1S/C13H12N2O4S2/c16-11(6-10-12(17)15-13(20)21-10)14-7-1-2-8-9(5-7)19-4-3-18-8/h1-2,5,10H,3-4,6H2,(H,14,16)(H,15,17,20)/t10-/m1/s1. The van der Waals surface area contributed by atoms with Gasteiger partial charge in [0.25, 0.3) is 0 Å². The Kier molecular flexibility index (Phi) is 3.98. The van der Waals surface area contributed by atoms with Gasteiger partial charge in [-0.3, -0.25) is 9.59 Å². The number of anilines is 1. The van der Waals surface area contributed by atoms with Crippen molar-refractivity contribution < 1.29 is 19.1 Å². The van der Waals surface area contributed by atoms with Gasteiger partial charge >= 0.3 is 0 Å². The summed E-state index contributed by atoms with van der Waals surface area (Å²) >= 11 is 6.09. The van der Waals surface area contributed by atoms with Crippen LogP contribution in [0.25, 0.3) is 0 Å². The third-order valence-electron chi connectivity index (χ3n) is 2.96. The van der Waals surface area contributed by atoms with Gasteiger partial charge in [0.2, 0.25) is 11.8 Å². The van der Waals surface area contributed by atoms with E-state index in [1.54, 1.807) is 18.2 Å². The number of carbonyl (C=O) groups excluding carboxylic acids is 2. The van der Waals surface area contributed by atoms with E-state index in [2.05, 4.69) is 10.6 Å². The Morgan fingerprint density at radius 3 is 2.86 bits per heavy atom. The first-order valence-corrected chi connectivity index (χ1v) is 7.61. The van der Waals surface area contributed by atoms with Crippen LogP contribution in [0.5, 0.6) is 11.5 Å². The summed E-state index contributed by atoms with van der Waals surface area (Å²) in [5, 5.41) is 4.80. The molecule has 1 aromatic rings. The lowest BCUT2D eigenvalue weighted by Gasteiger charge is -2.19. The van der Waals surface area contributed by atoms with Gasteiger partial charge in [-0.05, 0) is 12.1 Å². The van der Waals surface area contributed by atoms with Crippen molar-refractivity contribution in [2.45, 2.75) is 11.7 Å². The number of benzene rings is 1. The van der Waals surface area contributed by atoms with Gasteiger partial charge < -0.3 is 20.1 Å². The van der Waals surface area contributed by atoms with Crippen molar-refractivity contribution in [1.82, 2.24) is 5.32 Å². The van der Waals surface area contributed by atoms with E-state index >= 15 is 0 Å². The monoisotopic (exact) mass is 324 g/mol. The Morgan fingerprint density at radius 1 is 1.38 bits per heavy atom. The van der Waals surface area contributed by atoms with Gasteiger partial charge in [-0.15, -0.1) is 0 Å². The molecule has 8 heteroatoms. The van der Waals surface area contributed by atoms with E-state index in [0.717, 1.165) is 0 Å². The van der Waals surface area contributed by atoms with Crippen molar-refractivity contribution in [3.05, 3.63) is 18.2 Å². The van der Waals surface area contributed by atoms with Crippen LogP contribution in [0.1, 0.15) is 6.42 Å². The van der Waals surface area contributed by atoms with E-state index in [-0.39, 0.29) is 18.2 Å². The molecule has 6 nitrogen and oxygen atoms in total. The first kappa shape index (κ1) is 14.2. The van der Waals surface area contributed by atoms with Crippen LogP contribution in [-0.2, 0) is 9.59 Å². The van der Waals surface area contributed by atoms with Crippen LogP contribution >= 0.6 is 24.0 Å². The molecule has 0 aromatic heterocycles. The van der Waals surface area contributed by atoms with Crippen LogP contribution in [0.4, 0.5) is 5.69 Å². The number of fused-ring (bicyclic) bond motifs is 1. The number of nitrogens with one attached hydrogen (secondary N) is 2. The van der Waals surface area contributed by atoms with Crippen molar-refractivity contribution in [2.75, 3.05) is 18.5 Å². The number of thioether (sulfide) groups is 1. The molecule has 2 amide bonds. The lowest BCUT2D eigenvalue weighted by Crippen LogP contribution is -2.27. The molecule has 1 atom stereocenters. The molecule has 1 fully saturated rings. The number of amides is 2. The molecule has 1 aromatic carbocycles. The van der Waals surface area contributed by atoms with Gasteiger partial charge in [0.1, 0.15) is 17.5 Å². The van der Waals surface area contributed by atoms with Gasteiger partial charge in [0.05, 0.1) is 5.25 Å². The lowest BCUT2D eigenvalue weighted by atomic mass is 10.2. The van der Waals surface area contributed by atoms with E-state index in [1.165, 1.54) is 11.8 Å². The molecular formula is C13H12N2O4S2. The molecule has 2 N–H and O–H groups in total. The molecular weight excluding hydrogens is 312 g/mol. The highest BCUT2D eigenvalue weighted by atomic mass is 32.2. The number of carbonyl (C=O) groups is 2. The molecule has 0 bridgehead atoms. The Balaban J connectivity index is 1.62. The summed E-state index contributed by atoms with van der Waals surface area (Å²) in [6.45, 7) is 1.01. The predicted octanol–water partition coefficient (Wildman–Crippen LogP) is 1.30. The third kappa shape index (κ3) is 3.27. The van der Waals surface area contributed by atoms with E-state index in [0.29, 0.717) is 34.7 Å². The van der Waals surface area contributed by atoms with Crippen LogP contribution in [0.3, 0.4) is 0 Å². The lowest BCUT2D eigenvalue weighted by molar-refractivity contribution is -0.122. The largest absolute Gasteiger partial charge is 0.486 e. The van der Waals surface area contributed by atoms with Crippen LogP contribution in [-0.4, -0.2) is 34.6 Å². The van der Waals surface area contributed by atoms with Crippen LogP contribution in [0.15, 0.2) is 18.2 Å². The Hall–Kier alpha value is -1.80. The van der Waals surface area contributed by atoms with E-state index in [1.807, 2.05) is 0 Å². The minimum Gasteiger partial charge on any atom is -0.486 e. The average molecular weight is 324 g/mol. The quantitative estimate of drug-likeness (QED) is 0.816. The summed E-state index contributed by atoms with van der Waals surface area (Å²) in [6.07, 6.45) is 0.0745. The molecule has 1 saturated heterocycles. The second-order valence-electron chi connectivity index (χ2n) is 4.49. The van der Waals surface area contributed by atoms with Gasteiger partial charge in [0, 0.05) is 18.2 Å². The van der Waals surface area contributed by atoms with E-state index in [4.69, 9.17) is 21.7 Å². The smallest absolute Gasteiger partial charge is 0.239 e. The van der Waals surface area contributed by atoms with Crippen LogP contribution in [0, 0.1) is 0 Å². The van der Waals surface area contributed by atoms with Crippen molar-refractivity contribution in [1.29, 1.82) is 0 Å². The van der Waals surface area contributed by atoms with Crippen molar-refractivity contribution in [3.63, 3.8) is 0 Å². The third-order valence-corrected chi connectivity index (χ3v) is 4.34. The van der Waals surface area contributed by atoms with Crippen molar-refractivity contribution >= 4 is 45.8 Å². The highest BCUT2D eigenvalue weighted by molar-refractivity contribution is 8.24. The maximum Gasteiger partial charge on any atom is 0.239 e. The van der Waals surface area contributed by atoms with Crippen LogP contribution in [0.2, 0.25) is 0 Å². The fraction of sp³-hybridized carbons (Fsp3) is 0.308. The summed E-state index contributed by atoms with van der Waals surface area (Å²) in [7, 11) is 0. The summed E-state index contributed by atoms with van der Waals surface area (Å²) in [5.41, 5.74) is 0.607. The molecule has 2 heterocycles. The fourth-order valence-corrected chi connectivity index (χ4v) is 3.30. The zero-order valence-electron chi connectivity index (χ0n) is 10.9. The molecule has 0 unspecified atom stereocenters. The van der Waals surface area contributed by atoms with Crippen molar-refractivity contribution in [2.24, 2.45) is 0 Å². The Labute approximate surface area is 130 Å². The van der Waals surface area contributed by atoms with E-state index in [9.17, 15) is 9.59 Å². The number of ether oxygens (including phenoxy) is 2. The summed E-state index contributed by atoms with van der Waals surface area (Å²) in [4.78, 5) is 23.5. The fourth-order valence-electron chi connectivity index (χ4n) is 2.03. The SMILES string of the molecule is O=C(C[C@H]1SC(=S)NC1=O)Nc1ccc2c(c1)OCCO2. The molecule has 3 rings (SSSR count). The maximum atomic E-state index is 12.0. The van der Waals surface area contributed by atoms with Gasteiger partial charge in [-0.1, -0.05) is 24.0 Å². The molecule has 2 aliphatic heterocycles. The summed E-state index contributed by atoms with van der Waals surface area (Å²) in [6, 6.07) is 5.19. The molecule has 0 aliphatic carbocycles. The first-order chi connectivity index (χ1) is 10.1. The molecule has 21 heavy (non-hydrogen) atoms. The van der Waals surface area contributed by atoms with Crippen molar-refractivity contribution in [3.8, 4) is 11.5 Å². The second kappa shape index (κ2) is 5.90. The number of hydrogen-bond acceptors (Lipinski definition) is 6.